The van der Waals surface area contributed by atoms with Crippen LogP contribution < -0.4 is 9.47 Å². The van der Waals surface area contributed by atoms with Crippen molar-refractivity contribution < 1.29 is 28.2 Å². The van der Waals surface area contributed by atoms with E-state index in [1.807, 2.05) is 17.5 Å². The van der Waals surface area contributed by atoms with Gasteiger partial charge in [-0.25, -0.2) is 4.39 Å². The van der Waals surface area contributed by atoms with Crippen LogP contribution in [0.3, 0.4) is 0 Å². The first-order chi connectivity index (χ1) is 18.0. The molecule has 1 unspecified atom stereocenters. The average molecular weight is 527 g/mol. The van der Waals surface area contributed by atoms with E-state index in [0.29, 0.717) is 43.3 Å². The third-order valence-corrected chi connectivity index (χ3v) is 7.13. The minimum atomic E-state index is -0.332. The van der Waals surface area contributed by atoms with Crippen LogP contribution in [0.25, 0.3) is 0 Å². The first kappa shape index (κ1) is 26.6. The summed E-state index contributed by atoms with van der Waals surface area (Å²) in [7, 11) is 3.04. The molecule has 37 heavy (non-hydrogen) atoms. The normalized spacial score (nSPS) is 14.8. The fourth-order valence-electron chi connectivity index (χ4n) is 4.30. The minimum absolute atomic E-state index is 0.125. The molecule has 1 aromatic heterocycles. The molecule has 196 valence electrons. The maximum absolute atomic E-state index is 13.7. The molecule has 1 aliphatic rings. The van der Waals surface area contributed by atoms with E-state index < -0.39 is 0 Å². The Morgan fingerprint density at radius 3 is 2.51 bits per heavy atom. The first-order valence-corrected chi connectivity index (χ1v) is 13.0. The number of carbonyl (C=O) groups is 2. The molecule has 4 rings (SSSR count). The van der Waals surface area contributed by atoms with E-state index in [9.17, 15) is 14.0 Å². The number of hydrogen-bond donors (Lipinski definition) is 0. The number of carbonyl (C=O) groups excluding carboxylic acids is 2. The maximum Gasteiger partial charge on any atom is 0.258 e. The van der Waals surface area contributed by atoms with Gasteiger partial charge in [0.1, 0.15) is 23.9 Å². The number of thiophene rings is 1. The Hall–Kier alpha value is -3.43. The molecule has 2 amide bonds. The van der Waals surface area contributed by atoms with Gasteiger partial charge in [-0.1, -0.05) is 18.2 Å². The summed E-state index contributed by atoms with van der Waals surface area (Å²) in [4.78, 5) is 31.7. The summed E-state index contributed by atoms with van der Waals surface area (Å²) in [5.74, 6) is 0.0758. The van der Waals surface area contributed by atoms with Gasteiger partial charge >= 0.3 is 0 Å². The van der Waals surface area contributed by atoms with Gasteiger partial charge in [0.25, 0.3) is 5.91 Å². The van der Waals surface area contributed by atoms with Crippen molar-refractivity contribution in [3.8, 4) is 11.5 Å². The Morgan fingerprint density at radius 2 is 1.86 bits per heavy atom. The van der Waals surface area contributed by atoms with Crippen molar-refractivity contribution in [2.24, 2.45) is 0 Å². The molecule has 1 fully saturated rings. The predicted octanol–water partition coefficient (Wildman–Crippen LogP) is 4.75. The molecule has 0 radical (unpaired) electrons. The molecule has 0 N–H and O–H groups in total. The van der Waals surface area contributed by atoms with Crippen molar-refractivity contribution in [2.75, 3.05) is 33.9 Å². The number of methoxy groups -OCH3 is 2. The van der Waals surface area contributed by atoms with Crippen LogP contribution in [0.2, 0.25) is 0 Å². The molecular weight excluding hydrogens is 495 g/mol. The lowest BCUT2D eigenvalue weighted by Gasteiger charge is -2.29. The molecule has 3 aromatic rings. The zero-order valence-electron chi connectivity index (χ0n) is 21.0. The summed E-state index contributed by atoms with van der Waals surface area (Å²) < 4.78 is 30.0. The van der Waals surface area contributed by atoms with Crippen LogP contribution in [0, 0.1) is 5.82 Å². The van der Waals surface area contributed by atoms with Crippen LogP contribution in [0.4, 0.5) is 4.39 Å². The smallest absolute Gasteiger partial charge is 0.258 e. The van der Waals surface area contributed by atoms with Crippen molar-refractivity contribution in [3.05, 3.63) is 81.8 Å². The van der Waals surface area contributed by atoms with Crippen LogP contribution in [0.1, 0.15) is 33.6 Å². The second-order valence-corrected chi connectivity index (χ2v) is 9.87. The Bertz CT molecular complexity index is 1180. The van der Waals surface area contributed by atoms with Crippen molar-refractivity contribution in [2.45, 2.75) is 32.0 Å². The second-order valence-electron chi connectivity index (χ2n) is 8.84. The summed E-state index contributed by atoms with van der Waals surface area (Å²) in [5.41, 5.74) is 1.15. The summed E-state index contributed by atoms with van der Waals surface area (Å²) >= 11 is 1.56. The molecule has 2 aromatic carbocycles. The fraction of sp³-hybridized carbons (Fsp3) is 0.357. The Morgan fingerprint density at radius 1 is 1.05 bits per heavy atom. The summed E-state index contributed by atoms with van der Waals surface area (Å²) in [6.07, 6.45) is 1.61. The highest BCUT2D eigenvalue weighted by Gasteiger charge is 2.29. The highest BCUT2D eigenvalue weighted by molar-refractivity contribution is 7.09. The molecule has 9 heteroatoms. The lowest BCUT2D eigenvalue weighted by Crippen LogP contribution is -2.45. The van der Waals surface area contributed by atoms with Gasteiger partial charge in [0.15, 0.2) is 0 Å². The van der Waals surface area contributed by atoms with Crippen molar-refractivity contribution in [1.29, 1.82) is 0 Å². The molecule has 7 nitrogen and oxygen atoms in total. The van der Waals surface area contributed by atoms with E-state index in [4.69, 9.17) is 14.2 Å². The number of ether oxygens (including phenoxy) is 3. The van der Waals surface area contributed by atoms with Gasteiger partial charge in [-0.2, -0.15) is 0 Å². The lowest BCUT2D eigenvalue weighted by atomic mass is 10.1. The zero-order valence-corrected chi connectivity index (χ0v) is 21.8. The molecule has 1 atom stereocenters. The fourth-order valence-corrected chi connectivity index (χ4v) is 5.01. The molecule has 0 bridgehead atoms. The van der Waals surface area contributed by atoms with Gasteiger partial charge in [-0.05, 0) is 54.1 Å². The molecule has 1 aliphatic heterocycles. The Balaban J connectivity index is 1.58. The van der Waals surface area contributed by atoms with E-state index in [1.165, 1.54) is 24.1 Å². The first-order valence-electron chi connectivity index (χ1n) is 12.1. The van der Waals surface area contributed by atoms with E-state index in [0.717, 1.165) is 23.3 Å². The average Bonchev–Trinajstić information content (AvgIpc) is 3.63. The van der Waals surface area contributed by atoms with Gasteiger partial charge in [0, 0.05) is 30.6 Å². The zero-order chi connectivity index (χ0) is 26.2. The largest absolute Gasteiger partial charge is 0.497 e. The molecule has 0 spiro atoms. The third-order valence-electron chi connectivity index (χ3n) is 6.27. The summed E-state index contributed by atoms with van der Waals surface area (Å²) in [5, 5.41) is 1.96. The minimum Gasteiger partial charge on any atom is -0.497 e. The second kappa shape index (κ2) is 12.7. The summed E-state index contributed by atoms with van der Waals surface area (Å²) in [6.45, 7) is 1.50. The monoisotopic (exact) mass is 526 g/mol. The van der Waals surface area contributed by atoms with Crippen molar-refractivity contribution >= 4 is 23.2 Å². The molecule has 2 heterocycles. The van der Waals surface area contributed by atoms with Gasteiger partial charge in [-0.3, -0.25) is 9.59 Å². The van der Waals surface area contributed by atoms with Crippen LogP contribution >= 0.6 is 11.3 Å². The van der Waals surface area contributed by atoms with Crippen LogP contribution in [-0.2, 0) is 22.6 Å². The van der Waals surface area contributed by atoms with Gasteiger partial charge < -0.3 is 24.0 Å². The topological polar surface area (TPSA) is 68.3 Å². The number of amides is 2. The molecule has 0 aliphatic carbocycles. The highest BCUT2D eigenvalue weighted by Crippen LogP contribution is 2.27. The molecular formula is C28H31FN2O5S. The van der Waals surface area contributed by atoms with Crippen LogP contribution in [0.5, 0.6) is 11.5 Å². The standard InChI is InChI=1S/C28H31FN2O5S/c1-34-22-11-12-25(26(15-22)35-2)28(33)31(17-23-5-3-13-36-23)19-27(32)30(18-24-6-4-14-37-24)16-20-7-9-21(29)10-8-20/h4,6-12,14-15,23H,3,5,13,16-19H2,1-2H3. The molecule has 0 saturated carbocycles. The van der Waals surface area contributed by atoms with Crippen LogP contribution in [-0.4, -0.2) is 61.6 Å². The predicted molar refractivity (Wildman–Crippen MR) is 139 cm³/mol. The number of hydrogen-bond acceptors (Lipinski definition) is 6. The third kappa shape index (κ3) is 7.08. The van der Waals surface area contributed by atoms with Crippen molar-refractivity contribution in [1.82, 2.24) is 9.80 Å². The number of halogens is 1. The highest BCUT2D eigenvalue weighted by atomic mass is 32.1. The Kier molecular flexibility index (Phi) is 9.14. The van der Waals surface area contributed by atoms with Gasteiger partial charge in [0.05, 0.1) is 32.4 Å². The summed E-state index contributed by atoms with van der Waals surface area (Å²) in [6, 6.07) is 15.0. The van der Waals surface area contributed by atoms with E-state index in [-0.39, 0.29) is 30.3 Å². The molecule has 1 saturated heterocycles. The van der Waals surface area contributed by atoms with Gasteiger partial charge in [-0.15, -0.1) is 11.3 Å². The number of nitrogens with zero attached hydrogens (tertiary/aromatic N) is 2. The van der Waals surface area contributed by atoms with E-state index in [2.05, 4.69) is 0 Å². The van der Waals surface area contributed by atoms with E-state index >= 15 is 0 Å². The Labute approximate surface area is 220 Å². The van der Waals surface area contributed by atoms with Gasteiger partial charge in [0.2, 0.25) is 5.91 Å². The van der Waals surface area contributed by atoms with Crippen molar-refractivity contribution in [3.63, 3.8) is 0 Å². The quantitative estimate of drug-likeness (QED) is 0.361. The number of rotatable bonds is 11. The van der Waals surface area contributed by atoms with Crippen LogP contribution in [0.15, 0.2) is 60.0 Å². The lowest BCUT2D eigenvalue weighted by molar-refractivity contribution is -0.133. The SMILES string of the molecule is COc1ccc(C(=O)N(CC(=O)N(Cc2ccc(F)cc2)Cc2cccs2)CC2CCCO2)c(OC)c1. The van der Waals surface area contributed by atoms with E-state index in [1.54, 1.807) is 53.7 Å². The maximum atomic E-state index is 13.7. The number of benzene rings is 2.